The van der Waals surface area contributed by atoms with E-state index in [1.54, 1.807) is 60.7 Å². The highest BCUT2D eigenvalue weighted by molar-refractivity contribution is 7.89. The highest BCUT2D eigenvalue weighted by Gasteiger charge is 2.40. The number of primary sulfonamides is 1. The fraction of sp³-hybridized carbons (Fsp3) is 0.0952. The number of β-amino-alcohol motifs (C(OH)–C–C–N with tert-alkyl or cyclic N) is 1. The van der Waals surface area contributed by atoms with E-state index in [1.807, 2.05) is 4.90 Å². The zero-order valence-electron chi connectivity index (χ0n) is 15.5. The summed E-state index contributed by atoms with van der Waals surface area (Å²) >= 11 is 12.0. The Labute approximate surface area is 184 Å². The van der Waals surface area contributed by atoms with E-state index >= 15 is 0 Å². The lowest BCUT2D eigenvalue weighted by Crippen LogP contribution is -2.34. The van der Waals surface area contributed by atoms with Crippen molar-refractivity contribution in [1.82, 2.24) is 0 Å². The molecule has 0 saturated carbocycles. The summed E-state index contributed by atoms with van der Waals surface area (Å²) in [5.74, 6) is 0.521. The van der Waals surface area contributed by atoms with Crippen molar-refractivity contribution < 1.29 is 13.5 Å². The lowest BCUT2D eigenvalue weighted by atomic mass is 10.0. The van der Waals surface area contributed by atoms with Crippen LogP contribution in [-0.2, 0) is 15.7 Å². The third-order valence-corrected chi connectivity index (χ3v) is 6.24. The van der Waals surface area contributed by atoms with Gasteiger partial charge >= 0.3 is 0 Å². The number of amidine groups is 1. The normalized spacial score (nSPS) is 19.1. The molecule has 3 aromatic rings. The highest BCUT2D eigenvalue weighted by Crippen LogP contribution is 2.35. The summed E-state index contributed by atoms with van der Waals surface area (Å²) in [5, 5.41) is 17.7. The Kier molecular flexibility index (Phi) is 5.34. The van der Waals surface area contributed by atoms with Crippen LogP contribution in [0.4, 0.5) is 5.69 Å². The number of sulfonamides is 1. The average Bonchev–Trinajstić information content (AvgIpc) is 3.07. The Morgan fingerprint density at radius 2 is 1.43 bits per heavy atom. The summed E-state index contributed by atoms with van der Waals surface area (Å²) in [7, 11) is -3.81. The molecule has 3 N–H and O–H groups in total. The Balaban J connectivity index is 1.79. The lowest BCUT2D eigenvalue weighted by Gasteiger charge is -2.24. The van der Waals surface area contributed by atoms with Gasteiger partial charge in [-0.1, -0.05) is 35.3 Å². The number of hydrogen-bond donors (Lipinski definition) is 2. The van der Waals surface area contributed by atoms with Gasteiger partial charge in [-0.3, -0.25) is 0 Å². The molecule has 0 amide bonds. The summed E-state index contributed by atoms with van der Waals surface area (Å²) < 4.78 is 23.2. The van der Waals surface area contributed by atoms with Gasteiger partial charge in [-0.05, 0) is 60.7 Å². The molecule has 1 aliphatic rings. The van der Waals surface area contributed by atoms with Crippen LogP contribution >= 0.6 is 23.2 Å². The number of halogens is 2. The van der Waals surface area contributed by atoms with Crippen molar-refractivity contribution in [3.8, 4) is 0 Å². The first-order chi connectivity index (χ1) is 14.2. The molecule has 3 aromatic carbocycles. The van der Waals surface area contributed by atoms with Crippen LogP contribution in [0.15, 0.2) is 82.7 Å². The molecule has 154 valence electrons. The van der Waals surface area contributed by atoms with Gasteiger partial charge in [-0.25, -0.2) is 18.5 Å². The predicted octanol–water partition coefficient (Wildman–Crippen LogP) is 3.75. The number of anilines is 1. The smallest absolute Gasteiger partial charge is 0.238 e. The molecular formula is C21H17Cl2N3O3S. The van der Waals surface area contributed by atoms with Gasteiger partial charge < -0.3 is 10.0 Å². The summed E-state index contributed by atoms with van der Waals surface area (Å²) in [6.45, 7) is 0.126. The second kappa shape index (κ2) is 7.68. The van der Waals surface area contributed by atoms with E-state index in [4.69, 9.17) is 28.3 Å². The van der Waals surface area contributed by atoms with Crippen molar-refractivity contribution in [3.05, 3.63) is 94.0 Å². The predicted molar refractivity (Wildman–Crippen MR) is 118 cm³/mol. The molecule has 9 heteroatoms. The van der Waals surface area contributed by atoms with Crippen LogP contribution in [0.5, 0.6) is 0 Å². The number of hydrogen-bond acceptors (Lipinski definition) is 5. The minimum Gasteiger partial charge on any atom is -0.364 e. The zero-order chi connectivity index (χ0) is 21.5. The highest BCUT2D eigenvalue weighted by atomic mass is 35.5. The molecule has 30 heavy (non-hydrogen) atoms. The van der Waals surface area contributed by atoms with Crippen molar-refractivity contribution in [2.24, 2.45) is 10.1 Å². The number of nitrogens with zero attached hydrogens (tertiary/aromatic N) is 2. The SMILES string of the molecule is NS(=O)(=O)c1ccc(N2CC(O)(c3ccc(Cl)cc3)N=C2c2ccc(Cl)cc2)cc1. The van der Waals surface area contributed by atoms with Crippen LogP contribution in [-0.4, -0.2) is 25.9 Å². The monoisotopic (exact) mass is 461 g/mol. The molecule has 1 unspecified atom stereocenters. The summed E-state index contributed by atoms with van der Waals surface area (Å²) in [6, 6.07) is 20.0. The molecule has 1 heterocycles. The van der Waals surface area contributed by atoms with Gasteiger partial charge in [0.2, 0.25) is 15.7 Å². The maximum atomic E-state index is 11.6. The van der Waals surface area contributed by atoms with Crippen LogP contribution in [0.2, 0.25) is 10.0 Å². The van der Waals surface area contributed by atoms with E-state index < -0.39 is 15.7 Å². The van der Waals surface area contributed by atoms with E-state index in [0.29, 0.717) is 27.1 Å². The maximum absolute atomic E-state index is 11.6. The molecule has 0 saturated heterocycles. The number of aliphatic hydroxyl groups is 1. The first-order valence-electron chi connectivity index (χ1n) is 8.90. The minimum absolute atomic E-state index is 0.00314. The van der Waals surface area contributed by atoms with Gasteiger partial charge in [-0.2, -0.15) is 0 Å². The van der Waals surface area contributed by atoms with E-state index in [9.17, 15) is 13.5 Å². The molecule has 1 aliphatic heterocycles. The molecule has 1 atom stereocenters. The van der Waals surface area contributed by atoms with Crippen LogP contribution in [0, 0.1) is 0 Å². The van der Waals surface area contributed by atoms with Crippen molar-refractivity contribution in [2.45, 2.75) is 10.6 Å². The Hall–Kier alpha value is -2.42. The Morgan fingerprint density at radius 1 is 0.900 bits per heavy atom. The van der Waals surface area contributed by atoms with Crippen molar-refractivity contribution in [2.75, 3.05) is 11.4 Å². The molecular weight excluding hydrogens is 445 g/mol. The topological polar surface area (TPSA) is 96.0 Å². The first-order valence-corrected chi connectivity index (χ1v) is 11.2. The summed E-state index contributed by atoms with van der Waals surface area (Å²) in [5.41, 5.74) is 0.473. The summed E-state index contributed by atoms with van der Waals surface area (Å²) in [4.78, 5) is 6.43. The number of rotatable bonds is 4. The molecule has 0 radical (unpaired) electrons. The van der Waals surface area contributed by atoms with E-state index in [2.05, 4.69) is 4.99 Å². The largest absolute Gasteiger partial charge is 0.364 e. The molecule has 6 nitrogen and oxygen atoms in total. The van der Waals surface area contributed by atoms with Crippen molar-refractivity contribution >= 4 is 44.7 Å². The quantitative estimate of drug-likeness (QED) is 0.617. The van der Waals surface area contributed by atoms with Gasteiger partial charge in [0.25, 0.3) is 0 Å². The molecule has 0 fully saturated rings. The van der Waals surface area contributed by atoms with E-state index in [1.165, 1.54) is 12.1 Å². The van der Waals surface area contributed by atoms with E-state index in [-0.39, 0.29) is 11.4 Å². The van der Waals surface area contributed by atoms with Gasteiger partial charge in [0.15, 0.2) is 0 Å². The van der Waals surface area contributed by atoms with Gasteiger partial charge in [-0.15, -0.1) is 0 Å². The van der Waals surface area contributed by atoms with Gasteiger partial charge in [0.1, 0.15) is 5.84 Å². The second-order valence-corrected chi connectivity index (χ2v) is 9.33. The molecule has 4 rings (SSSR count). The van der Waals surface area contributed by atoms with Crippen molar-refractivity contribution in [3.63, 3.8) is 0 Å². The van der Waals surface area contributed by atoms with Crippen LogP contribution in [0.3, 0.4) is 0 Å². The molecule has 0 spiro atoms. The van der Waals surface area contributed by atoms with Crippen LogP contribution < -0.4 is 10.0 Å². The standard InChI is InChI=1S/C21H17Cl2N3O3S/c22-16-5-1-14(2-6-16)20-25-21(27,15-3-7-17(23)8-4-15)13-26(20)18-9-11-19(12-10-18)30(24,28)29/h1-12,27H,13H2,(H2,24,28,29). The third-order valence-electron chi connectivity index (χ3n) is 4.81. The molecule has 0 bridgehead atoms. The molecule has 0 aliphatic carbocycles. The molecule has 0 aromatic heterocycles. The summed E-state index contributed by atoms with van der Waals surface area (Å²) in [6.07, 6.45) is 0. The van der Waals surface area contributed by atoms with Crippen LogP contribution in [0.25, 0.3) is 0 Å². The van der Waals surface area contributed by atoms with Crippen molar-refractivity contribution in [1.29, 1.82) is 0 Å². The zero-order valence-corrected chi connectivity index (χ0v) is 17.9. The Morgan fingerprint density at radius 3 is 1.97 bits per heavy atom. The lowest BCUT2D eigenvalue weighted by molar-refractivity contribution is 0.0648. The number of nitrogens with two attached hydrogens (primary N) is 1. The first kappa shape index (κ1) is 20.8. The second-order valence-electron chi connectivity index (χ2n) is 6.89. The van der Waals surface area contributed by atoms with Gasteiger partial charge in [0.05, 0.1) is 11.4 Å². The van der Waals surface area contributed by atoms with Gasteiger partial charge in [0, 0.05) is 26.9 Å². The fourth-order valence-electron chi connectivity index (χ4n) is 3.29. The maximum Gasteiger partial charge on any atom is 0.238 e. The van der Waals surface area contributed by atoms with E-state index in [0.717, 1.165) is 5.56 Å². The number of aliphatic imine (C=N–C) groups is 1. The minimum atomic E-state index is -3.81. The Bertz CT molecular complexity index is 1210. The van der Waals surface area contributed by atoms with Crippen LogP contribution in [0.1, 0.15) is 11.1 Å². The third kappa shape index (κ3) is 4.08. The average molecular weight is 462 g/mol. The fourth-order valence-corrected chi connectivity index (χ4v) is 4.06. The number of benzene rings is 3.